The standard InChI is InChI=1S/C22H21N3O3/c1-2-6-19(22(26)27)25-21-13-20(23-15-24-21)17-9-11-18(12-10-17)28-14-16-7-4-3-5-8-16/h2-5,7-13,15,19H,1,6,14H2,(H,26,27)(H,23,24,25). The number of hydrogen-bond donors (Lipinski definition) is 2. The molecule has 1 unspecified atom stereocenters. The number of nitrogens with zero attached hydrogens (tertiary/aromatic N) is 2. The number of hydrogen-bond acceptors (Lipinski definition) is 5. The van der Waals surface area contributed by atoms with Gasteiger partial charge in [0.05, 0.1) is 5.69 Å². The quantitative estimate of drug-likeness (QED) is 0.546. The second kappa shape index (κ2) is 9.32. The molecule has 0 fully saturated rings. The van der Waals surface area contributed by atoms with Gasteiger partial charge in [-0.1, -0.05) is 36.4 Å². The van der Waals surface area contributed by atoms with Crippen LogP contribution in [0.2, 0.25) is 0 Å². The Morgan fingerprint density at radius 1 is 1.14 bits per heavy atom. The Morgan fingerprint density at radius 3 is 2.57 bits per heavy atom. The van der Waals surface area contributed by atoms with Crippen LogP contribution in [0.1, 0.15) is 12.0 Å². The smallest absolute Gasteiger partial charge is 0.326 e. The average molecular weight is 375 g/mol. The van der Waals surface area contributed by atoms with Gasteiger partial charge in [-0.25, -0.2) is 14.8 Å². The van der Waals surface area contributed by atoms with Crippen molar-refractivity contribution < 1.29 is 14.6 Å². The zero-order chi connectivity index (χ0) is 19.8. The lowest BCUT2D eigenvalue weighted by Crippen LogP contribution is -2.29. The molecular formula is C22H21N3O3. The van der Waals surface area contributed by atoms with Crippen molar-refractivity contribution in [3.8, 4) is 17.0 Å². The largest absolute Gasteiger partial charge is 0.489 e. The van der Waals surface area contributed by atoms with E-state index in [0.717, 1.165) is 16.9 Å². The van der Waals surface area contributed by atoms with E-state index in [-0.39, 0.29) is 0 Å². The monoisotopic (exact) mass is 375 g/mol. The molecule has 0 spiro atoms. The Hall–Kier alpha value is -3.67. The number of carboxylic acid groups (broad SMARTS) is 1. The topological polar surface area (TPSA) is 84.3 Å². The second-order valence-corrected chi connectivity index (χ2v) is 6.15. The summed E-state index contributed by atoms with van der Waals surface area (Å²) in [6.45, 7) is 4.09. The fourth-order valence-electron chi connectivity index (χ4n) is 2.62. The van der Waals surface area contributed by atoms with E-state index in [4.69, 9.17) is 4.74 Å². The molecule has 0 amide bonds. The molecule has 0 aliphatic carbocycles. The molecule has 0 aliphatic heterocycles. The third-order valence-corrected chi connectivity index (χ3v) is 4.09. The van der Waals surface area contributed by atoms with Crippen molar-refractivity contribution in [2.45, 2.75) is 19.1 Å². The first-order chi connectivity index (χ1) is 13.7. The van der Waals surface area contributed by atoms with Crippen LogP contribution in [0.15, 0.2) is 79.6 Å². The number of aliphatic carboxylic acids is 1. The number of anilines is 1. The Labute approximate surface area is 163 Å². The van der Waals surface area contributed by atoms with Gasteiger partial charge in [-0.05, 0) is 36.2 Å². The number of nitrogens with one attached hydrogen (secondary N) is 1. The molecule has 2 N–H and O–H groups in total. The maximum atomic E-state index is 11.3. The van der Waals surface area contributed by atoms with Crippen molar-refractivity contribution in [1.82, 2.24) is 9.97 Å². The average Bonchev–Trinajstić information content (AvgIpc) is 2.73. The van der Waals surface area contributed by atoms with Gasteiger partial charge in [0.25, 0.3) is 0 Å². The number of rotatable bonds is 9. The SMILES string of the molecule is C=CCC(Nc1cc(-c2ccc(OCc3ccccc3)cc2)ncn1)C(=O)O. The molecule has 0 aliphatic rings. The minimum Gasteiger partial charge on any atom is -0.489 e. The lowest BCUT2D eigenvalue weighted by molar-refractivity contribution is -0.137. The molecule has 0 radical (unpaired) electrons. The molecule has 3 rings (SSSR count). The summed E-state index contributed by atoms with van der Waals surface area (Å²) in [6, 6.07) is 18.5. The summed E-state index contributed by atoms with van der Waals surface area (Å²) in [5, 5.41) is 12.1. The maximum Gasteiger partial charge on any atom is 0.326 e. The van der Waals surface area contributed by atoms with Crippen LogP contribution in [-0.2, 0) is 11.4 Å². The number of benzene rings is 2. The van der Waals surface area contributed by atoms with E-state index in [2.05, 4.69) is 21.9 Å². The van der Waals surface area contributed by atoms with Crippen LogP contribution in [0.5, 0.6) is 5.75 Å². The van der Waals surface area contributed by atoms with E-state index in [9.17, 15) is 9.90 Å². The summed E-state index contributed by atoms with van der Waals surface area (Å²) in [7, 11) is 0. The molecule has 1 heterocycles. The van der Waals surface area contributed by atoms with Crippen LogP contribution in [0.4, 0.5) is 5.82 Å². The van der Waals surface area contributed by atoms with Gasteiger partial charge in [-0.3, -0.25) is 0 Å². The molecule has 2 aromatic carbocycles. The van der Waals surface area contributed by atoms with Crippen LogP contribution < -0.4 is 10.1 Å². The second-order valence-electron chi connectivity index (χ2n) is 6.15. The van der Waals surface area contributed by atoms with Crippen LogP contribution in [0.25, 0.3) is 11.3 Å². The summed E-state index contributed by atoms with van der Waals surface area (Å²) in [6.07, 6.45) is 3.26. The van der Waals surface area contributed by atoms with E-state index in [1.807, 2.05) is 54.6 Å². The van der Waals surface area contributed by atoms with Crippen molar-refractivity contribution in [2.24, 2.45) is 0 Å². The normalized spacial score (nSPS) is 11.4. The summed E-state index contributed by atoms with van der Waals surface area (Å²) in [5.41, 5.74) is 2.67. The maximum absolute atomic E-state index is 11.3. The molecule has 0 bridgehead atoms. The zero-order valence-corrected chi connectivity index (χ0v) is 15.3. The van der Waals surface area contributed by atoms with Crippen molar-refractivity contribution >= 4 is 11.8 Å². The minimum absolute atomic E-state index is 0.294. The molecule has 0 saturated heterocycles. The lowest BCUT2D eigenvalue weighted by atomic mass is 10.1. The van der Waals surface area contributed by atoms with Gasteiger partial charge in [0.2, 0.25) is 0 Å². The van der Waals surface area contributed by atoms with Crippen molar-refractivity contribution in [1.29, 1.82) is 0 Å². The first-order valence-corrected chi connectivity index (χ1v) is 8.85. The highest BCUT2D eigenvalue weighted by molar-refractivity contribution is 5.77. The van der Waals surface area contributed by atoms with Crippen LogP contribution >= 0.6 is 0 Å². The van der Waals surface area contributed by atoms with E-state index in [1.165, 1.54) is 6.33 Å². The zero-order valence-electron chi connectivity index (χ0n) is 15.3. The molecule has 1 atom stereocenters. The molecule has 6 nitrogen and oxygen atoms in total. The summed E-state index contributed by atoms with van der Waals surface area (Å²) < 4.78 is 5.79. The predicted molar refractivity (Wildman–Crippen MR) is 108 cm³/mol. The van der Waals surface area contributed by atoms with Gasteiger partial charge < -0.3 is 15.2 Å². The van der Waals surface area contributed by atoms with Gasteiger partial charge in [0, 0.05) is 11.6 Å². The summed E-state index contributed by atoms with van der Waals surface area (Å²) in [4.78, 5) is 19.7. The van der Waals surface area contributed by atoms with E-state index < -0.39 is 12.0 Å². The van der Waals surface area contributed by atoms with Crippen LogP contribution in [0.3, 0.4) is 0 Å². The Balaban J connectivity index is 1.68. The van der Waals surface area contributed by atoms with Gasteiger partial charge in [0.15, 0.2) is 0 Å². The Morgan fingerprint density at radius 2 is 1.89 bits per heavy atom. The highest BCUT2D eigenvalue weighted by Gasteiger charge is 2.16. The van der Waals surface area contributed by atoms with Crippen LogP contribution in [-0.4, -0.2) is 27.1 Å². The Kier molecular flexibility index (Phi) is 6.36. The molecule has 3 aromatic rings. The summed E-state index contributed by atoms with van der Waals surface area (Å²) >= 11 is 0. The molecular weight excluding hydrogens is 354 g/mol. The van der Waals surface area contributed by atoms with Crippen molar-refractivity contribution in [3.63, 3.8) is 0 Å². The van der Waals surface area contributed by atoms with Gasteiger partial charge >= 0.3 is 5.97 Å². The van der Waals surface area contributed by atoms with E-state index >= 15 is 0 Å². The third-order valence-electron chi connectivity index (χ3n) is 4.09. The molecule has 0 saturated carbocycles. The fraction of sp³-hybridized carbons (Fsp3) is 0.136. The lowest BCUT2D eigenvalue weighted by Gasteiger charge is -2.13. The number of aromatic nitrogens is 2. The van der Waals surface area contributed by atoms with E-state index in [0.29, 0.717) is 24.5 Å². The summed E-state index contributed by atoms with van der Waals surface area (Å²) in [5.74, 6) is 0.251. The highest BCUT2D eigenvalue weighted by atomic mass is 16.5. The molecule has 6 heteroatoms. The highest BCUT2D eigenvalue weighted by Crippen LogP contribution is 2.23. The fourth-order valence-corrected chi connectivity index (χ4v) is 2.62. The minimum atomic E-state index is -0.958. The van der Waals surface area contributed by atoms with Crippen molar-refractivity contribution in [2.75, 3.05) is 5.32 Å². The van der Waals surface area contributed by atoms with Gasteiger partial charge in [-0.2, -0.15) is 0 Å². The Bertz CT molecular complexity index is 927. The first-order valence-electron chi connectivity index (χ1n) is 8.85. The number of carbonyl (C=O) groups is 1. The van der Waals surface area contributed by atoms with Crippen LogP contribution in [0, 0.1) is 0 Å². The van der Waals surface area contributed by atoms with E-state index in [1.54, 1.807) is 12.1 Å². The molecule has 28 heavy (non-hydrogen) atoms. The van der Waals surface area contributed by atoms with Crippen molar-refractivity contribution in [3.05, 3.63) is 85.2 Å². The third kappa shape index (κ3) is 5.17. The number of carboxylic acids is 1. The molecule has 1 aromatic heterocycles. The van der Waals surface area contributed by atoms with Gasteiger partial charge in [0.1, 0.15) is 30.5 Å². The molecule has 142 valence electrons. The predicted octanol–water partition coefficient (Wildman–Crippen LogP) is 4.16. The van der Waals surface area contributed by atoms with Gasteiger partial charge in [-0.15, -0.1) is 6.58 Å². The number of ether oxygens (including phenoxy) is 1. The first kappa shape index (κ1) is 19.1.